The van der Waals surface area contributed by atoms with E-state index in [4.69, 9.17) is 0 Å². The normalized spacial score (nSPS) is 24.6. The molecular formula is C20H19N3O3S2. The van der Waals surface area contributed by atoms with Gasteiger partial charge in [-0.25, -0.2) is 8.42 Å². The van der Waals surface area contributed by atoms with Crippen LogP contribution in [0, 0.1) is 0 Å². The Morgan fingerprint density at radius 3 is 2.36 bits per heavy atom. The van der Waals surface area contributed by atoms with E-state index in [0.717, 1.165) is 35.6 Å². The number of benzene rings is 2. The first-order valence-electron chi connectivity index (χ1n) is 9.38. The molecule has 2 unspecified atom stereocenters. The molecule has 1 aromatic heterocycles. The molecule has 2 bridgehead atoms. The molecule has 5 rings (SSSR count). The maximum atomic E-state index is 13.2. The lowest BCUT2D eigenvalue weighted by Gasteiger charge is -2.38. The van der Waals surface area contributed by atoms with E-state index < -0.39 is 15.1 Å². The number of carbonyl (C=O) groups is 1. The van der Waals surface area contributed by atoms with Crippen LogP contribution in [0.4, 0.5) is 0 Å². The summed E-state index contributed by atoms with van der Waals surface area (Å²) in [5, 5.41) is -0.429. The number of piperidine rings is 1. The Hall–Kier alpha value is -2.32. The zero-order chi connectivity index (χ0) is 19.3. The van der Waals surface area contributed by atoms with Gasteiger partial charge in [-0.2, -0.15) is 8.75 Å². The largest absolute Gasteiger partial charge is 0.333 e. The number of carbonyl (C=O) groups excluding carboxylic acids is 1. The van der Waals surface area contributed by atoms with Crippen LogP contribution in [-0.2, 0) is 9.84 Å². The van der Waals surface area contributed by atoms with E-state index in [-0.39, 0.29) is 18.0 Å². The maximum absolute atomic E-state index is 13.2. The Morgan fingerprint density at radius 2 is 1.64 bits per heavy atom. The van der Waals surface area contributed by atoms with Crippen molar-refractivity contribution in [3.8, 4) is 0 Å². The van der Waals surface area contributed by atoms with Crippen LogP contribution in [0.1, 0.15) is 36.0 Å². The third-order valence-electron chi connectivity index (χ3n) is 5.94. The first-order chi connectivity index (χ1) is 13.5. The molecule has 0 radical (unpaired) electrons. The third-order valence-corrected chi connectivity index (χ3v) is 8.68. The lowest BCUT2D eigenvalue weighted by molar-refractivity contribution is 0.0598. The average Bonchev–Trinajstić information content (AvgIpc) is 3.29. The minimum absolute atomic E-state index is 0.0287. The van der Waals surface area contributed by atoms with Crippen LogP contribution in [0.3, 0.4) is 0 Å². The van der Waals surface area contributed by atoms with Gasteiger partial charge >= 0.3 is 0 Å². The molecule has 144 valence electrons. The molecule has 6 nitrogen and oxygen atoms in total. The van der Waals surface area contributed by atoms with Crippen LogP contribution in [0.15, 0.2) is 53.4 Å². The van der Waals surface area contributed by atoms with Gasteiger partial charge in [0.2, 0.25) is 0 Å². The van der Waals surface area contributed by atoms with E-state index in [0.29, 0.717) is 23.3 Å². The molecule has 28 heavy (non-hydrogen) atoms. The molecule has 1 amide bonds. The molecule has 0 N–H and O–H groups in total. The predicted molar refractivity (Wildman–Crippen MR) is 107 cm³/mol. The second kappa shape index (κ2) is 6.63. The van der Waals surface area contributed by atoms with Gasteiger partial charge in [0.15, 0.2) is 9.84 Å². The Kier molecular flexibility index (Phi) is 4.21. The standard InChI is InChI=1S/C20H19N3O3S2/c24-20(13-6-9-18-19(10-13)22-27-21-18)23-14-7-8-15(23)12-17(11-14)28(25,26)16-4-2-1-3-5-16/h1-6,9-10,14-15,17H,7-8,11-12H2. The average molecular weight is 414 g/mol. The quantitative estimate of drug-likeness (QED) is 0.658. The van der Waals surface area contributed by atoms with Crippen LogP contribution in [-0.4, -0.2) is 45.3 Å². The van der Waals surface area contributed by atoms with Crippen molar-refractivity contribution in [3.05, 3.63) is 54.1 Å². The Balaban J connectivity index is 1.40. The highest BCUT2D eigenvalue weighted by Crippen LogP contribution is 2.40. The van der Waals surface area contributed by atoms with Crippen LogP contribution in [0.25, 0.3) is 11.0 Å². The van der Waals surface area contributed by atoms with Gasteiger partial charge in [-0.1, -0.05) is 18.2 Å². The predicted octanol–water partition coefficient (Wildman–Crippen LogP) is 3.30. The summed E-state index contributed by atoms with van der Waals surface area (Å²) >= 11 is 1.13. The van der Waals surface area contributed by atoms with Crippen molar-refractivity contribution in [1.82, 2.24) is 13.6 Å². The van der Waals surface area contributed by atoms with Crippen LogP contribution >= 0.6 is 11.7 Å². The number of amides is 1. The summed E-state index contributed by atoms with van der Waals surface area (Å²) < 4.78 is 34.5. The molecule has 3 heterocycles. The number of nitrogens with zero attached hydrogens (tertiary/aromatic N) is 3. The van der Waals surface area contributed by atoms with Crippen LogP contribution < -0.4 is 0 Å². The number of aromatic nitrogens is 2. The smallest absolute Gasteiger partial charge is 0.254 e. The van der Waals surface area contributed by atoms with Gasteiger partial charge in [-0.15, -0.1) is 0 Å². The third kappa shape index (κ3) is 2.82. The fourth-order valence-corrected chi connectivity index (χ4v) is 6.97. The van der Waals surface area contributed by atoms with E-state index >= 15 is 0 Å². The molecule has 2 aliphatic rings. The van der Waals surface area contributed by atoms with Crippen molar-refractivity contribution in [3.63, 3.8) is 0 Å². The highest BCUT2D eigenvalue weighted by molar-refractivity contribution is 7.92. The Bertz CT molecular complexity index is 1130. The Labute approximate surface area is 167 Å². The van der Waals surface area contributed by atoms with Gasteiger partial charge in [0.05, 0.1) is 21.9 Å². The summed E-state index contributed by atoms with van der Waals surface area (Å²) in [4.78, 5) is 15.5. The minimum Gasteiger partial charge on any atom is -0.333 e. The summed E-state index contributed by atoms with van der Waals surface area (Å²) in [7, 11) is -3.38. The molecule has 0 saturated carbocycles. The van der Waals surface area contributed by atoms with Crippen molar-refractivity contribution in [2.45, 2.75) is 47.9 Å². The molecule has 3 aromatic rings. The van der Waals surface area contributed by atoms with E-state index in [1.807, 2.05) is 17.0 Å². The van der Waals surface area contributed by atoms with Crippen molar-refractivity contribution in [1.29, 1.82) is 0 Å². The van der Waals surface area contributed by atoms with E-state index in [1.165, 1.54) is 0 Å². The molecular weight excluding hydrogens is 394 g/mol. The van der Waals surface area contributed by atoms with Gasteiger partial charge in [0.25, 0.3) is 5.91 Å². The lowest BCUT2D eigenvalue weighted by atomic mass is 10.0. The maximum Gasteiger partial charge on any atom is 0.254 e. The topological polar surface area (TPSA) is 80.2 Å². The summed E-state index contributed by atoms with van der Waals surface area (Å²) in [5.41, 5.74) is 2.11. The van der Waals surface area contributed by atoms with E-state index in [1.54, 1.807) is 36.4 Å². The molecule has 2 saturated heterocycles. The summed E-state index contributed by atoms with van der Waals surface area (Å²) in [6.45, 7) is 0. The van der Waals surface area contributed by atoms with Gasteiger partial charge < -0.3 is 4.90 Å². The molecule has 0 spiro atoms. The van der Waals surface area contributed by atoms with Crippen molar-refractivity contribution < 1.29 is 13.2 Å². The molecule has 2 atom stereocenters. The highest BCUT2D eigenvalue weighted by Gasteiger charge is 2.47. The second-order valence-electron chi connectivity index (χ2n) is 7.52. The zero-order valence-corrected chi connectivity index (χ0v) is 16.7. The first kappa shape index (κ1) is 17.8. The Morgan fingerprint density at radius 1 is 0.964 bits per heavy atom. The summed E-state index contributed by atoms with van der Waals surface area (Å²) in [6, 6.07) is 14.0. The van der Waals surface area contributed by atoms with Gasteiger partial charge in [0.1, 0.15) is 11.0 Å². The highest BCUT2D eigenvalue weighted by atomic mass is 32.2. The number of hydrogen-bond acceptors (Lipinski definition) is 6. The number of sulfone groups is 1. The van der Waals surface area contributed by atoms with Crippen molar-refractivity contribution >= 4 is 38.5 Å². The fraction of sp³-hybridized carbons (Fsp3) is 0.350. The SMILES string of the molecule is O=C(c1ccc2nsnc2c1)N1C2CCC1CC(S(=O)(=O)c1ccccc1)C2. The van der Waals surface area contributed by atoms with Crippen LogP contribution in [0.5, 0.6) is 0 Å². The van der Waals surface area contributed by atoms with Gasteiger partial charge in [-0.05, 0) is 56.0 Å². The monoisotopic (exact) mass is 413 g/mol. The van der Waals surface area contributed by atoms with Crippen LogP contribution in [0.2, 0.25) is 0 Å². The lowest BCUT2D eigenvalue weighted by Crippen LogP contribution is -2.49. The minimum atomic E-state index is -3.38. The number of fused-ring (bicyclic) bond motifs is 3. The van der Waals surface area contributed by atoms with E-state index in [9.17, 15) is 13.2 Å². The first-order valence-corrected chi connectivity index (χ1v) is 11.7. The molecule has 2 fully saturated rings. The van der Waals surface area contributed by atoms with Crippen molar-refractivity contribution in [2.75, 3.05) is 0 Å². The molecule has 2 aromatic carbocycles. The number of hydrogen-bond donors (Lipinski definition) is 0. The summed E-state index contributed by atoms with van der Waals surface area (Å²) in [6.07, 6.45) is 2.72. The van der Waals surface area contributed by atoms with Gasteiger partial charge in [-0.3, -0.25) is 4.79 Å². The molecule has 8 heteroatoms. The molecule has 2 aliphatic heterocycles. The zero-order valence-electron chi connectivity index (χ0n) is 15.1. The molecule has 0 aliphatic carbocycles. The van der Waals surface area contributed by atoms with Gasteiger partial charge in [0, 0.05) is 17.6 Å². The van der Waals surface area contributed by atoms with E-state index in [2.05, 4.69) is 8.75 Å². The number of rotatable bonds is 3. The summed E-state index contributed by atoms with van der Waals surface area (Å²) in [5.74, 6) is -0.0297. The van der Waals surface area contributed by atoms with Crippen molar-refractivity contribution in [2.24, 2.45) is 0 Å². The fourth-order valence-electron chi connectivity index (χ4n) is 4.58. The second-order valence-corrected chi connectivity index (χ2v) is 10.3.